The van der Waals surface area contributed by atoms with E-state index in [9.17, 15) is 47.1 Å². The molecule has 24 heteroatoms. The minimum atomic E-state index is -4.25. The van der Waals surface area contributed by atoms with Gasteiger partial charge in [0.05, 0.1) is 24.4 Å². The second kappa shape index (κ2) is 25.6. The lowest BCUT2D eigenvalue weighted by Gasteiger charge is -2.25. The number of ether oxygens (including phenoxy) is 3. The highest BCUT2D eigenvalue weighted by Crippen LogP contribution is 2.43. The molecular weight excluding hydrogens is 957 g/mol. The first kappa shape index (κ1) is 59.6. The number of nitrogens with one attached hydrogen (secondary N) is 6. The fraction of sp³-hybridized carbons (Fsp3) is 0.583. The summed E-state index contributed by atoms with van der Waals surface area (Å²) in [5.74, 6) is 1.16. The van der Waals surface area contributed by atoms with Crippen LogP contribution in [0.1, 0.15) is 122 Å². The van der Waals surface area contributed by atoms with E-state index in [0.717, 1.165) is 10.6 Å². The number of sulfonamides is 1. The van der Waals surface area contributed by atoms with Crippen LogP contribution in [-0.2, 0) is 56.4 Å². The molecule has 2 aromatic rings. The molecule has 0 unspecified atom stereocenters. The molecule has 0 bridgehead atoms. The Morgan fingerprint density at radius 2 is 1.43 bits per heavy atom. The molecule has 1 aliphatic rings. The number of carboxylic acid groups (broad SMARTS) is 1. The number of rotatable bonds is 23. The Morgan fingerprint density at radius 1 is 0.819 bits per heavy atom. The van der Waals surface area contributed by atoms with Crippen LogP contribution in [0, 0.1) is 20.8 Å². The Labute approximate surface area is 421 Å². The van der Waals surface area contributed by atoms with Crippen LogP contribution >= 0.6 is 0 Å². The van der Waals surface area contributed by atoms with Gasteiger partial charge >= 0.3 is 24.1 Å². The smallest absolute Gasteiger partial charge is 0.407 e. The van der Waals surface area contributed by atoms with Gasteiger partial charge in [-0.15, -0.1) is 0 Å². The number of hydrogen-bond donors (Lipinski definition) is 9. The van der Waals surface area contributed by atoms with Gasteiger partial charge in [0.2, 0.25) is 23.7 Å². The number of carbonyl (C=O) groups excluding carboxylic acids is 6. The molecule has 72 heavy (non-hydrogen) atoms. The molecule has 0 radical (unpaired) electrons. The van der Waals surface area contributed by atoms with Crippen LogP contribution in [0.15, 0.2) is 40.2 Å². The molecular formula is C48H74N10O13S. The topological polar surface area (TPSA) is 341 Å². The monoisotopic (exact) mass is 1030 g/mol. The van der Waals surface area contributed by atoms with Crippen LogP contribution in [0.5, 0.6) is 5.75 Å². The zero-order valence-electron chi connectivity index (χ0n) is 43.2. The van der Waals surface area contributed by atoms with Crippen LogP contribution < -0.4 is 47.6 Å². The quantitative estimate of drug-likeness (QED) is 0.0147. The summed E-state index contributed by atoms with van der Waals surface area (Å²) < 4.78 is 46.5. The molecule has 1 heterocycles. The number of urea groups is 1. The first-order valence-corrected chi connectivity index (χ1v) is 25.1. The van der Waals surface area contributed by atoms with E-state index < -0.39 is 106 Å². The minimum Gasteiger partial charge on any atom is -0.487 e. The van der Waals surface area contributed by atoms with Crippen molar-refractivity contribution >= 4 is 57.8 Å². The van der Waals surface area contributed by atoms with Crippen LogP contribution in [-0.4, -0.2) is 121 Å². The number of unbranched alkanes of at least 4 members (excludes halogenated alkanes) is 1. The average Bonchev–Trinajstić information content (AvgIpc) is 3.59. The summed E-state index contributed by atoms with van der Waals surface area (Å²) in [6.45, 7) is 18.1. The Kier molecular flexibility index (Phi) is 21.2. The number of fused-ring (bicyclic) bond motifs is 1. The molecule has 11 N–H and O–H groups in total. The lowest BCUT2D eigenvalue weighted by atomic mass is 9.94. The predicted molar refractivity (Wildman–Crippen MR) is 267 cm³/mol. The zero-order chi connectivity index (χ0) is 54.4. The highest BCUT2D eigenvalue weighted by Gasteiger charge is 2.37. The number of guanidine groups is 1. The number of nitrogens with two attached hydrogens (primary N) is 2. The first-order chi connectivity index (χ1) is 33.3. The molecule has 400 valence electrons. The molecule has 0 aliphatic carbocycles. The van der Waals surface area contributed by atoms with Crippen molar-refractivity contribution in [3.63, 3.8) is 0 Å². The Morgan fingerprint density at radius 3 is 2.04 bits per heavy atom. The predicted octanol–water partition coefficient (Wildman–Crippen LogP) is 2.75. The van der Waals surface area contributed by atoms with E-state index in [2.05, 4.69) is 36.3 Å². The molecule has 1 aliphatic heterocycles. The molecule has 0 aromatic heterocycles. The van der Waals surface area contributed by atoms with Gasteiger partial charge in [0, 0.05) is 25.1 Å². The number of amides is 6. The van der Waals surface area contributed by atoms with Crippen LogP contribution in [0.4, 0.5) is 9.59 Å². The fourth-order valence-corrected chi connectivity index (χ4v) is 9.05. The van der Waals surface area contributed by atoms with Crippen LogP contribution in [0.3, 0.4) is 0 Å². The van der Waals surface area contributed by atoms with Crippen molar-refractivity contribution < 1.29 is 61.3 Å². The van der Waals surface area contributed by atoms with Gasteiger partial charge < -0.3 is 51.6 Å². The lowest BCUT2D eigenvalue weighted by molar-refractivity contribution is -0.158. The van der Waals surface area contributed by atoms with Gasteiger partial charge in [0.1, 0.15) is 40.7 Å². The van der Waals surface area contributed by atoms with Crippen LogP contribution in [0.2, 0.25) is 0 Å². The molecule has 0 spiro atoms. The van der Waals surface area contributed by atoms with Crippen molar-refractivity contribution in [2.24, 2.45) is 16.6 Å². The van der Waals surface area contributed by atoms with Crippen molar-refractivity contribution in [1.82, 2.24) is 36.3 Å². The number of carbonyl (C=O) groups is 7. The number of esters is 1. The average molecular weight is 1030 g/mol. The third-order valence-electron chi connectivity index (χ3n) is 10.9. The Balaban J connectivity index is 1.83. The maximum atomic E-state index is 14.1. The minimum absolute atomic E-state index is 0.00612. The molecule has 2 aromatic carbocycles. The van der Waals surface area contributed by atoms with Gasteiger partial charge in [0.15, 0.2) is 0 Å². The summed E-state index contributed by atoms with van der Waals surface area (Å²) in [4.78, 5) is 95.0. The highest BCUT2D eigenvalue weighted by atomic mass is 32.2. The highest BCUT2D eigenvalue weighted by molar-refractivity contribution is 7.90. The SMILES string of the molecule is Cc1c(C)c(S(=O)(=O)NC(N)=NCCC[C@H](NC(=O)[C@H](CCCCNC(=O)OC(C)(C)C)NC(=O)N(N)Cc2ccccc2)C(=O)NCC(=O)N[C@@H](CC(=O)OC(C)(C)C)C(=O)O)c(C)c2c1OC(C)(C)C2. The second-order valence-corrected chi connectivity index (χ2v) is 21.8. The third-order valence-corrected chi connectivity index (χ3v) is 12.5. The van der Waals surface area contributed by atoms with Crippen LogP contribution in [0.25, 0.3) is 0 Å². The Hall–Kier alpha value is -6.69. The summed E-state index contributed by atoms with van der Waals surface area (Å²) in [5.41, 5.74) is 7.06. The van der Waals surface area contributed by atoms with Crippen molar-refractivity contribution in [1.29, 1.82) is 0 Å². The van der Waals surface area contributed by atoms with Gasteiger partial charge in [-0.05, 0) is 131 Å². The molecule has 3 rings (SSSR count). The Bertz CT molecular complexity index is 2440. The summed E-state index contributed by atoms with van der Waals surface area (Å²) in [6.07, 6.45) is -0.387. The molecule has 23 nitrogen and oxygen atoms in total. The van der Waals surface area contributed by atoms with E-state index >= 15 is 0 Å². The van der Waals surface area contributed by atoms with E-state index in [1.54, 1.807) is 92.6 Å². The summed E-state index contributed by atoms with van der Waals surface area (Å²) in [5, 5.41) is 23.0. The molecule has 0 saturated heterocycles. The van der Waals surface area contributed by atoms with Gasteiger partial charge in [0.25, 0.3) is 10.0 Å². The second-order valence-electron chi connectivity index (χ2n) is 20.1. The number of nitrogens with zero attached hydrogens (tertiary/aromatic N) is 2. The number of alkyl carbamates (subject to hydrolysis) is 1. The fourth-order valence-electron chi connectivity index (χ4n) is 7.52. The number of benzene rings is 2. The molecule has 3 atom stereocenters. The van der Waals surface area contributed by atoms with E-state index in [1.807, 2.05) is 13.8 Å². The van der Waals surface area contributed by atoms with Crippen molar-refractivity contribution in [3.05, 3.63) is 58.1 Å². The number of hydrogen-bond acceptors (Lipinski definition) is 14. The summed E-state index contributed by atoms with van der Waals surface area (Å²) in [7, 11) is -4.25. The number of aliphatic carboxylic acids is 1. The number of aliphatic imine (C=N–C) groups is 1. The number of carboxylic acids is 1. The standard InChI is InChI=1S/C48H74N10O13S/c1-28-29(2)39(30(3)32-25-48(10,11)70-38(28)32)72(67,68)57-43(49)51-23-17-21-33(40(61)53-26-36(59)54-35(42(63)64)24-37(60)69-46(4,5)6)55-41(62)34(20-15-16-22-52-45(66)71-47(7,8)9)56-44(65)58(50)27-31-18-13-12-14-19-31/h12-14,18-19,33-35H,15-17,20-27,50H2,1-11H3,(H,52,66)(H,53,61)(H,54,59)(H,55,62)(H,56,65)(H,63,64)(H3,49,51,57)/t33-,34-,35-/m0/s1. The first-order valence-electron chi connectivity index (χ1n) is 23.6. The molecule has 0 fully saturated rings. The van der Waals surface area contributed by atoms with Gasteiger partial charge in [-0.25, -0.2) is 33.4 Å². The van der Waals surface area contributed by atoms with Crippen molar-refractivity contribution in [2.75, 3.05) is 19.6 Å². The number of hydrazine groups is 1. The molecule has 0 saturated carbocycles. The van der Waals surface area contributed by atoms with E-state index in [4.69, 9.17) is 25.8 Å². The van der Waals surface area contributed by atoms with Gasteiger partial charge in [-0.1, -0.05) is 30.3 Å². The maximum absolute atomic E-state index is 14.1. The zero-order valence-corrected chi connectivity index (χ0v) is 44.0. The van der Waals surface area contributed by atoms with Gasteiger partial charge in [-0.2, -0.15) is 0 Å². The summed E-state index contributed by atoms with van der Waals surface area (Å²) in [6, 6.07) is 3.58. The largest absolute Gasteiger partial charge is 0.487 e. The van der Waals surface area contributed by atoms with Crippen molar-refractivity contribution in [2.45, 2.75) is 167 Å². The van der Waals surface area contributed by atoms with Crippen molar-refractivity contribution in [3.8, 4) is 5.75 Å². The maximum Gasteiger partial charge on any atom is 0.407 e. The van der Waals surface area contributed by atoms with Gasteiger partial charge in [-0.3, -0.25) is 29.2 Å². The van der Waals surface area contributed by atoms with E-state index in [-0.39, 0.29) is 50.2 Å². The normalized spacial score (nSPS) is 14.5. The van der Waals surface area contributed by atoms with E-state index in [0.29, 0.717) is 40.8 Å². The van der Waals surface area contributed by atoms with E-state index in [1.165, 1.54) is 0 Å². The lowest BCUT2D eigenvalue weighted by Crippen LogP contribution is -2.57. The summed E-state index contributed by atoms with van der Waals surface area (Å²) >= 11 is 0. The third kappa shape index (κ3) is 19.5. The molecule has 6 amide bonds.